The molecule has 1 unspecified atom stereocenters. The smallest absolute Gasteiger partial charge is 0.119 e. The van der Waals surface area contributed by atoms with Gasteiger partial charge in [0.1, 0.15) is 5.75 Å². The summed E-state index contributed by atoms with van der Waals surface area (Å²) in [5.74, 6) is 0.976. The van der Waals surface area contributed by atoms with Gasteiger partial charge in [-0.3, -0.25) is 0 Å². The van der Waals surface area contributed by atoms with Gasteiger partial charge in [-0.1, -0.05) is 6.92 Å². The molecule has 100 valence electrons. The summed E-state index contributed by atoms with van der Waals surface area (Å²) < 4.78 is 5.57. The number of aryl methyl sites for hydroxylation is 1. The zero-order valence-corrected chi connectivity index (χ0v) is 12.2. The van der Waals surface area contributed by atoms with Crippen LogP contribution in [0.2, 0.25) is 0 Å². The molecule has 1 aromatic carbocycles. The largest absolute Gasteiger partial charge is 0.494 e. The third-order valence-electron chi connectivity index (χ3n) is 3.52. The molecule has 0 amide bonds. The molecule has 0 bridgehead atoms. The molecule has 2 heterocycles. The van der Waals surface area contributed by atoms with Crippen LogP contribution in [0.25, 0.3) is 0 Å². The van der Waals surface area contributed by atoms with Gasteiger partial charge < -0.3 is 10.1 Å². The molecule has 0 saturated carbocycles. The minimum atomic E-state index is 0.428. The molecule has 0 spiro atoms. The molecule has 0 saturated heterocycles. The monoisotopic (exact) mass is 273 g/mol. The Labute approximate surface area is 118 Å². The van der Waals surface area contributed by atoms with Gasteiger partial charge >= 0.3 is 0 Å². The fraction of sp³-hybridized carbons (Fsp3) is 0.375. The van der Waals surface area contributed by atoms with Crippen LogP contribution >= 0.6 is 11.3 Å². The predicted molar refractivity (Wildman–Crippen MR) is 81.4 cm³/mol. The van der Waals surface area contributed by atoms with Crippen molar-refractivity contribution in [3.63, 3.8) is 0 Å². The number of rotatable bonds is 4. The quantitative estimate of drug-likeness (QED) is 0.890. The average molecular weight is 273 g/mol. The Morgan fingerprint density at radius 3 is 2.89 bits per heavy atom. The van der Waals surface area contributed by atoms with E-state index < -0.39 is 0 Å². The van der Waals surface area contributed by atoms with Gasteiger partial charge in [-0.05, 0) is 55.7 Å². The Morgan fingerprint density at radius 1 is 1.26 bits per heavy atom. The van der Waals surface area contributed by atoms with Crippen LogP contribution in [0.15, 0.2) is 30.3 Å². The lowest BCUT2D eigenvalue weighted by Crippen LogP contribution is -2.02. The molecular formula is C16H19NOS. The van der Waals surface area contributed by atoms with Crippen molar-refractivity contribution in [2.75, 3.05) is 11.9 Å². The first kappa shape index (κ1) is 12.5. The Balaban J connectivity index is 1.79. The lowest BCUT2D eigenvalue weighted by Gasteiger charge is -2.08. The zero-order valence-electron chi connectivity index (χ0n) is 11.4. The Hall–Kier alpha value is -1.48. The molecule has 0 radical (unpaired) electrons. The first-order valence-corrected chi connectivity index (χ1v) is 7.72. The van der Waals surface area contributed by atoms with Crippen molar-refractivity contribution < 1.29 is 4.74 Å². The number of benzene rings is 1. The van der Waals surface area contributed by atoms with E-state index >= 15 is 0 Å². The summed E-state index contributed by atoms with van der Waals surface area (Å²) in [4.78, 5) is 2.90. The summed E-state index contributed by atoms with van der Waals surface area (Å²) in [6.45, 7) is 4.95. The summed E-state index contributed by atoms with van der Waals surface area (Å²) in [6.07, 6.45) is 2.18. The van der Waals surface area contributed by atoms with Crippen molar-refractivity contribution in [1.29, 1.82) is 0 Å². The highest BCUT2D eigenvalue weighted by atomic mass is 32.1. The molecule has 19 heavy (non-hydrogen) atoms. The van der Waals surface area contributed by atoms with Crippen LogP contribution in [0.1, 0.15) is 35.2 Å². The topological polar surface area (TPSA) is 21.3 Å². The number of ether oxygens (including phenoxy) is 1. The molecule has 2 aromatic rings. The summed E-state index contributed by atoms with van der Waals surface area (Å²) >= 11 is 1.92. The minimum absolute atomic E-state index is 0.428. The number of fused-ring (bicyclic) bond motifs is 1. The van der Waals surface area contributed by atoms with Gasteiger partial charge in [-0.2, -0.15) is 0 Å². The number of thiophene rings is 1. The first-order valence-electron chi connectivity index (χ1n) is 6.91. The second kappa shape index (κ2) is 5.25. The van der Waals surface area contributed by atoms with Gasteiger partial charge in [0.15, 0.2) is 0 Å². The third-order valence-corrected chi connectivity index (χ3v) is 4.86. The van der Waals surface area contributed by atoms with Crippen molar-refractivity contribution in [3.05, 3.63) is 45.6 Å². The molecule has 1 aromatic heterocycles. The van der Waals surface area contributed by atoms with E-state index in [1.807, 2.05) is 24.3 Å². The molecule has 3 rings (SSSR count). The van der Waals surface area contributed by atoms with Crippen LogP contribution in [0.5, 0.6) is 5.75 Å². The third kappa shape index (κ3) is 2.47. The first-order chi connectivity index (χ1) is 9.30. The van der Waals surface area contributed by atoms with Crippen molar-refractivity contribution in [2.24, 2.45) is 0 Å². The molecule has 1 aliphatic rings. The second-order valence-corrected chi connectivity index (χ2v) is 6.01. The normalized spacial score (nSPS) is 17.1. The highest BCUT2D eigenvalue weighted by molar-refractivity contribution is 7.12. The van der Waals surface area contributed by atoms with E-state index in [9.17, 15) is 0 Å². The van der Waals surface area contributed by atoms with Crippen molar-refractivity contribution >= 4 is 17.0 Å². The Bertz CT molecular complexity index is 576. The standard InChI is InChI=1S/C16H19NOS/c1-3-13-6-8-16(19-13)15-10-11-9-12(18-4-2)5-7-14(11)17-15/h5-9,15,17H,3-4,10H2,1-2H3. The lowest BCUT2D eigenvalue weighted by molar-refractivity contribution is 0.340. The van der Waals surface area contributed by atoms with Crippen LogP contribution < -0.4 is 10.1 Å². The van der Waals surface area contributed by atoms with Crippen molar-refractivity contribution in [3.8, 4) is 5.75 Å². The van der Waals surface area contributed by atoms with Crippen molar-refractivity contribution in [2.45, 2.75) is 32.7 Å². The highest BCUT2D eigenvalue weighted by Crippen LogP contribution is 2.38. The van der Waals surface area contributed by atoms with E-state index in [1.165, 1.54) is 21.0 Å². The molecule has 2 nitrogen and oxygen atoms in total. The van der Waals surface area contributed by atoms with Crippen LogP contribution in [-0.2, 0) is 12.8 Å². The Morgan fingerprint density at radius 2 is 2.16 bits per heavy atom. The maximum Gasteiger partial charge on any atom is 0.119 e. The number of nitrogens with one attached hydrogen (secondary N) is 1. The molecule has 1 aliphatic heterocycles. The van der Waals surface area contributed by atoms with Gasteiger partial charge in [0.05, 0.1) is 12.6 Å². The summed E-state index contributed by atoms with van der Waals surface area (Å²) in [5.41, 5.74) is 2.61. The molecular weight excluding hydrogens is 254 g/mol. The molecule has 0 fully saturated rings. The molecule has 0 aliphatic carbocycles. The Kier molecular flexibility index (Phi) is 3.47. The van der Waals surface area contributed by atoms with E-state index in [0.717, 1.165) is 25.2 Å². The minimum Gasteiger partial charge on any atom is -0.494 e. The molecule has 1 N–H and O–H groups in total. The SMILES string of the molecule is CCOc1ccc2c(c1)CC(c1ccc(CC)s1)N2. The molecule has 3 heteroatoms. The maximum atomic E-state index is 5.57. The van der Waals surface area contributed by atoms with Crippen LogP contribution in [-0.4, -0.2) is 6.61 Å². The number of anilines is 1. The van der Waals surface area contributed by atoms with E-state index in [-0.39, 0.29) is 0 Å². The lowest BCUT2D eigenvalue weighted by atomic mass is 10.1. The zero-order chi connectivity index (χ0) is 13.2. The fourth-order valence-corrected chi connectivity index (χ4v) is 3.54. The summed E-state index contributed by atoms with van der Waals surface area (Å²) in [5, 5.41) is 3.61. The number of hydrogen-bond acceptors (Lipinski definition) is 3. The van der Waals surface area contributed by atoms with Crippen LogP contribution in [0, 0.1) is 0 Å². The average Bonchev–Trinajstić information content (AvgIpc) is 3.04. The van der Waals surface area contributed by atoms with E-state index in [0.29, 0.717) is 6.04 Å². The van der Waals surface area contributed by atoms with E-state index in [1.54, 1.807) is 0 Å². The van der Waals surface area contributed by atoms with Gasteiger partial charge in [0.2, 0.25) is 0 Å². The van der Waals surface area contributed by atoms with Crippen molar-refractivity contribution in [1.82, 2.24) is 0 Å². The number of hydrogen-bond donors (Lipinski definition) is 1. The maximum absolute atomic E-state index is 5.57. The highest BCUT2D eigenvalue weighted by Gasteiger charge is 2.23. The second-order valence-electron chi connectivity index (χ2n) is 4.81. The van der Waals surface area contributed by atoms with Gasteiger partial charge in [-0.15, -0.1) is 11.3 Å². The van der Waals surface area contributed by atoms with Gasteiger partial charge in [0.25, 0.3) is 0 Å². The molecule has 1 atom stereocenters. The summed E-state index contributed by atoms with van der Waals surface area (Å²) in [6, 6.07) is 11.3. The van der Waals surface area contributed by atoms with Gasteiger partial charge in [-0.25, -0.2) is 0 Å². The summed E-state index contributed by atoms with van der Waals surface area (Å²) in [7, 11) is 0. The fourth-order valence-electron chi connectivity index (χ4n) is 2.54. The van der Waals surface area contributed by atoms with E-state index in [2.05, 4.69) is 36.5 Å². The van der Waals surface area contributed by atoms with Gasteiger partial charge in [0, 0.05) is 15.4 Å². The predicted octanol–water partition coefficient (Wildman–Crippen LogP) is 4.42. The van der Waals surface area contributed by atoms with Crippen LogP contribution in [0.4, 0.5) is 5.69 Å². The van der Waals surface area contributed by atoms with Crippen LogP contribution in [0.3, 0.4) is 0 Å². The van der Waals surface area contributed by atoms with E-state index in [4.69, 9.17) is 4.74 Å².